The number of carbonyl (C=O) groups is 2. The van der Waals surface area contributed by atoms with Crippen LogP contribution in [0.25, 0.3) is 0 Å². The van der Waals surface area contributed by atoms with Crippen molar-refractivity contribution in [2.45, 2.75) is 0 Å². The summed E-state index contributed by atoms with van der Waals surface area (Å²) < 4.78 is 13.6. The van der Waals surface area contributed by atoms with Crippen LogP contribution < -0.4 is 10.6 Å². The molecule has 7 heteroatoms. The van der Waals surface area contributed by atoms with Gasteiger partial charge in [-0.2, -0.15) is 0 Å². The number of hydrogen-bond donors (Lipinski definition) is 2. The molecule has 0 unspecified atom stereocenters. The molecule has 0 bridgehead atoms. The van der Waals surface area contributed by atoms with E-state index in [1.165, 1.54) is 12.1 Å². The van der Waals surface area contributed by atoms with Crippen LogP contribution in [0, 0.1) is 5.82 Å². The van der Waals surface area contributed by atoms with E-state index in [1.807, 2.05) is 0 Å². The third-order valence-electron chi connectivity index (χ3n) is 2.73. The molecule has 0 heterocycles. The molecule has 0 saturated carbocycles. The van der Waals surface area contributed by atoms with Crippen LogP contribution in [0.3, 0.4) is 0 Å². The lowest BCUT2D eigenvalue weighted by molar-refractivity contribution is -0.115. The molecule has 2 rings (SSSR count). The average Bonchev–Trinajstić information content (AvgIpc) is 2.47. The maximum absolute atomic E-state index is 13.6. The quantitative estimate of drug-likeness (QED) is 0.894. The smallest absolute Gasteiger partial charge is 0.256 e. The molecule has 0 atom stereocenters. The molecule has 0 fully saturated rings. The number of amides is 2. The highest BCUT2D eigenvalue weighted by Gasteiger charge is 2.16. The number of halogens is 3. The van der Waals surface area contributed by atoms with E-state index in [0.29, 0.717) is 10.7 Å². The van der Waals surface area contributed by atoms with Crippen molar-refractivity contribution in [3.05, 3.63) is 63.9 Å². The molecule has 114 valence electrons. The molecular weight excluding hydrogens is 330 g/mol. The van der Waals surface area contributed by atoms with E-state index >= 15 is 0 Å². The molecule has 0 saturated heterocycles. The van der Waals surface area contributed by atoms with Crippen LogP contribution in [0.1, 0.15) is 10.4 Å². The van der Waals surface area contributed by atoms with Crippen LogP contribution in [0.4, 0.5) is 10.1 Å². The van der Waals surface area contributed by atoms with Gasteiger partial charge in [-0.1, -0.05) is 29.3 Å². The van der Waals surface area contributed by atoms with Crippen molar-refractivity contribution in [1.29, 1.82) is 0 Å². The van der Waals surface area contributed by atoms with Crippen LogP contribution in [-0.2, 0) is 4.79 Å². The predicted molar refractivity (Wildman–Crippen MR) is 83.8 cm³/mol. The van der Waals surface area contributed by atoms with Gasteiger partial charge in [-0.05, 0) is 36.4 Å². The van der Waals surface area contributed by atoms with Crippen LogP contribution in [0.15, 0.2) is 42.5 Å². The molecule has 0 aliphatic rings. The largest absolute Gasteiger partial charge is 0.343 e. The molecule has 4 nitrogen and oxygen atoms in total. The highest BCUT2D eigenvalue weighted by atomic mass is 35.5. The molecule has 0 spiro atoms. The second-order valence-corrected chi connectivity index (χ2v) is 5.18. The van der Waals surface area contributed by atoms with Gasteiger partial charge >= 0.3 is 0 Å². The SMILES string of the molecule is O=C(CNC(=O)c1c(F)cccc1Cl)Nc1ccc(Cl)cc1. The molecule has 2 amide bonds. The second-order valence-electron chi connectivity index (χ2n) is 4.33. The van der Waals surface area contributed by atoms with Gasteiger partial charge in [0.25, 0.3) is 5.91 Å². The topological polar surface area (TPSA) is 58.2 Å². The third kappa shape index (κ3) is 4.19. The first-order valence-electron chi connectivity index (χ1n) is 6.25. The predicted octanol–water partition coefficient (Wildman–Crippen LogP) is 3.50. The number of nitrogens with one attached hydrogen (secondary N) is 2. The molecular formula is C15H11Cl2FN2O2. The van der Waals surface area contributed by atoms with Crippen LogP contribution in [-0.4, -0.2) is 18.4 Å². The van der Waals surface area contributed by atoms with Gasteiger partial charge in [0, 0.05) is 10.7 Å². The lowest BCUT2D eigenvalue weighted by Gasteiger charge is -2.08. The van der Waals surface area contributed by atoms with Crippen molar-refractivity contribution in [2.24, 2.45) is 0 Å². The molecule has 0 aliphatic heterocycles. The summed E-state index contributed by atoms with van der Waals surface area (Å²) in [5, 5.41) is 5.40. The van der Waals surface area contributed by atoms with Gasteiger partial charge in [0.15, 0.2) is 0 Å². The Bertz CT molecular complexity index is 685. The van der Waals surface area contributed by atoms with Crippen molar-refractivity contribution in [3.8, 4) is 0 Å². The van der Waals surface area contributed by atoms with Crippen molar-refractivity contribution < 1.29 is 14.0 Å². The summed E-state index contributed by atoms with van der Waals surface area (Å²) in [4.78, 5) is 23.6. The Balaban J connectivity index is 1.93. The lowest BCUT2D eigenvalue weighted by Crippen LogP contribution is -2.33. The van der Waals surface area contributed by atoms with E-state index in [0.717, 1.165) is 6.07 Å². The van der Waals surface area contributed by atoms with Gasteiger partial charge in [-0.15, -0.1) is 0 Å². The maximum Gasteiger partial charge on any atom is 0.256 e. The highest BCUT2D eigenvalue weighted by molar-refractivity contribution is 6.34. The van der Waals surface area contributed by atoms with Gasteiger partial charge in [0.2, 0.25) is 5.91 Å². The summed E-state index contributed by atoms with van der Waals surface area (Å²) in [6, 6.07) is 10.4. The Labute approximate surface area is 136 Å². The summed E-state index contributed by atoms with van der Waals surface area (Å²) in [7, 11) is 0. The van der Waals surface area contributed by atoms with Gasteiger partial charge in [-0.3, -0.25) is 9.59 Å². The fourth-order valence-electron chi connectivity index (χ4n) is 1.70. The maximum atomic E-state index is 13.6. The summed E-state index contributed by atoms with van der Waals surface area (Å²) in [5.74, 6) is -1.96. The average molecular weight is 341 g/mol. The molecule has 2 aromatic rings. The molecule has 0 aliphatic carbocycles. The fraction of sp³-hybridized carbons (Fsp3) is 0.0667. The number of benzene rings is 2. The zero-order valence-electron chi connectivity index (χ0n) is 11.2. The molecule has 22 heavy (non-hydrogen) atoms. The summed E-state index contributed by atoms with van der Waals surface area (Å²) in [6.45, 7) is -0.313. The fourth-order valence-corrected chi connectivity index (χ4v) is 2.08. The second kappa shape index (κ2) is 7.24. The molecule has 0 aromatic heterocycles. The Morgan fingerprint density at radius 3 is 2.36 bits per heavy atom. The first-order chi connectivity index (χ1) is 10.5. The third-order valence-corrected chi connectivity index (χ3v) is 3.29. The molecule has 0 radical (unpaired) electrons. The zero-order chi connectivity index (χ0) is 16.1. The first kappa shape index (κ1) is 16.3. The summed E-state index contributed by atoms with van der Waals surface area (Å²) >= 11 is 11.5. The van der Waals surface area contributed by atoms with Gasteiger partial charge in [0.05, 0.1) is 17.1 Å². The zero-order valence-corrected chi connectivity index (χ0v) is 12.7. The van der Waals surface area contributed by atoms with Gasteiger partial charge < -0.3 is 10.6 Å². The summed E-state index contributed by atoms with van der Waals surface area (Å²) in [6.07, 6.45) is 0. The van der Waals surface area contributed by atoms with Crippen LogP contribution in [0.5, 0.6) is 0 Å². The van der Waals surface area contributed by atoms with Crippen LogP contribution >= 0.6 is 23.2 Å². The standard InChI is InChI=1S/C15H11Cl2FN2O2/c16-9-4-6-10(7-5-9)20-13(21)8-19-15(22)14-11(17)2-1-3-12(14)18/h1-7H,8H2,(H,19,22)(H,20,21). The van der Waals surface area contributed by atoms with Crippen molar-refractivity contribution in [3.63, 3.8) is 0 Å². The minimum absolute atomic E-state index is 0.0180. The van der Waals surface area contributed by atoms with Crippen molar-refractivity contribution in [2.75, 3.05) is 11.9 Å². The van der Waals surface area contributed by atoms with E-state index in [9.17, 15) is 14.0 Å². The minimum atomic E-state index is -0.755. The minimum Gasteiger partial charge on any atom is -0.343 e. The van der Waals surface area contributed by atoms with Gasteiger partial charge in [-0.25, -0.2) is 4.39 Å². The van der Waals surface area contributed by atoms with Crippen LogP contribution in [0.2, 0.25) is 10.0 Å². The van der Waals surface area contributed by atoms with E-state index in [1.54, 1.807) is 24.3 Å². The Morgan fingerprint density at radius 1 is 1.05 bits per heavy atom. The number of hydrogen-bond acceptors (Lipinski definition) is 2. The summed E-state index contributed by atoms with van der Waals surface area (Å²) in [5.41, 5.74) is 0.246. The van der Waals surface area contributed by atoms with E-state index < -0.39 is 17.6 Å². The van der Waals surface area contributed by atoms with Crippen molar-refractivity contribution >= 4 is 40.7 Å². The van der Waals surface area contributed by atoms with Crippen molar-refractivity contribution in [1.82, 2.24) is 5.32 Å². The van der Waals surface area contributed by atoms with E-state index in [-0.39, 0.29) is 17.1 Å². The highest BCUT2D eigenvalue weighted by Crippen LogP contribution is 2.18. The number of carbonyl (C=O) groups excluding carboxylic acids is 2. The normalized spacial score (nSPS) is 10.1. The Hall–Kier alpha value is -2.11. The Kier molecular flexibility index (Phi) is 5.35. The van der Waals surface area contributed by atoms with E-state index in [2.05, 4.69) is 10.6 Å². The first-order valence-corrected chi connectivity index (χ1v) is 7.00. The molecule has 2 N–H and O–H groups in total. The lowest BCUT2D eigenvalue weighted by atomic mass is 10.2. The number of rotatable bonds is 4. The van der Waals surface area contributed by atoms with Gasteiger partial charge in [0.1, 0.15) is 5.82 Å². The Morgan fingerprint density at radius 2 is 1.73 bits per heavy atom. The van der Waals surface area contributed by atoms with E-state index in [4.69, 9.17) is 23.2 Å². The monoisotopic (exact) mass is 340 g/mol. The number of anilines is 1. The molecule has 2 aromatic carbocycles.